The van der Waals surface area contributed by atoms with E-state index in [2.05, 4.69) is 53.1 Å². The number of aryl methyl sites for hydroxylation is 2. The summed E-state index contributed by atoms with van der Waals surface area (Å²) in [6.45, 7) is 6.23. The maximum atomic E-state index is 9.55. The molecule has 4 aromatic heterocycles. The Bertz CT molecular complexity index is 1480. The Labute approximate surface area is 178 Å². The van der Waals surface area contributed by atoms with Crippen LogP contribution in [-0.4, -0.2) is 21.1 Å². The fourth-order valence-corrected chi connectivity index (χ4v) is 5.17. The summed E-state index contributed by atoms with van der Waals surface area (Å²) >= 11 is 1.65. The third kappa shape index (κ3) is 2.71. The van der Waals surface area contributed by atoms with Gasteiger partial charge in [0.25, 0.3) is 0 Å². The highest BCUT2D eigenvalue weighted by molar-refractivity contribution is 7.14. The number of nitriles is 1. The number of imidazole rings is 1. The molecule has 0 aliphatic carbocycles. The molecule has 0 atom stereocenters. The molecule has 0 saturated heterocycles. The third-order valence-corrected chi connectivity index (χ3v) is 6.54. The van der Waals surface area contributed by atoms with Crippen LogP contribution in [0.15, 0.2) is 48.7 Å². The number of nitrogens with zero attached hydrogens (tertiary/aromatic N) is 4. The molecule has 0 radical (unpaired) electrons. The topological polar surface area (TPSA) is 55.2 Å². The van der Waals surface area contributed by atoms with E-state index in [1.165, 1.54) is 0 Å². The number of hydrogen-bond donors (Lipinski definition) is 0. The lowest BCUT2D eigenvalue weighted by Crippen LogP contribution is -1.98. The van der Waals surface area contributed by atoms with Crippen LogP contribution in [-0.2, 0) is 0 Å². The van der Waals surface area contributed by atoms with E-state index in [4.69, 9.17) is 9.72 Å². The highest BCUT2D eigenvalue weighted by Gasteiger charge is 2.17. The van der Waals surface area contributed by atoms with Crippen LogP contribution in [0, 0.1) is 32.1 Å². The van der Waals surface area contributed by atoms with Crippen molar-refractivity contribution in [2.75, 3.05) is 7.11 Å². The van der Waals surface area contributed by atoms with Gasteiger partial charge in [-0.3, -0.25) is 4.40 Å². The van der Waals surface area contributed by atoms with Gasteiger partial charge < -0.3 is 9.30 Å². The van der Waals surface area contributed by atoms with Crippen LogP contribution >= 0.6 is 11.3 Å². The average molecular weight is 413 g/mol. The smallest absolute Gasteiger partial charge is 0.138 e. The van der Waals surface area contributed by atoms with E-state index in [0.29, 0.717) is 0 Å². The first-order valence-corrected chi connectivity index (χ1v) is 10.5. The second kappa shape index (κ2) is 6.75. The Morgan fingerprint density at radius 1 is 1.07 bits per heavy atom. The lowest BCUT2D eigenvalue weighted by Gasteiger charge is -2.08. The number of hydrogen-bond acceptors (Lipinski definition) is 4. The maximum Gasteiger partial charge on any atom is 0.138 e. The normalized spacial score (nSPS) is 11.3. The second-order valence-corrected chi connectivity index (χ2v) is 8.66. The first-order chi connectivity index (χ1) is 14.5. The molecule has 4 heterocycles. The largest absolute Gasteiger partial charge is 0.495 e. The van der Waals surface area contributed by atoms with Gasteiger partial charge in [-0.1, -0.05) is 6.07 Å². The van der Waals surface area contributed by atoms with Crippen LogP contribution in [0.3, 0.4) is 0 Å². The molecule has 30 heavy (non-hydrogen) atoms. The average Bonchev–Trinajstić information content (AvgIpc) is 3.39. The zero-order valence-corrected chi connectivity index (χ0v) is 18.0. The molecule has 0 fully saturated rings. The van der Waals surface area contributed by atoms with Crippen molar-refractivity contribution in [1.82, 2.24) is 14.0 Å². The van der Waals surface area contributed by atoms with Crippen LogP contribution in [0.5, 0.6) is 5.75 Å². The molecular formula is C24H20N4OS. The maximum absolute atomic E-state index is 9.55. The van der Waals surface area contributed by atoms with Crippen molar-refractivity contribution in [1.29, 1.82) is 5.26 Å². The zero-order valence-electron chi connectivity index (χ0n) is 17.2. The van der Waals surface area contributed by atoms with Crippen molar-refractivity contribution in [2.24, 2.45) is 0 Å². The predicted octanol–water partition coefficient (Wildman–Crippen LogP) is 5.81. The summed E-state index contributed by atoms with van der Waals surface area (Å²) in [4.78, 5) is 5.92. The minimum absolute atomic E-state index is 0.718. The minimum Gasteiger partial charge on any atom is -0.495 e. The molecule has 0 amide bonds. The van der Waals surface area contributed by atoms with Gasteiger partial charge >= 0.3 is 0 Å². The predicted molar refractivity (Wildman–Crippen MR) is 121 cm³/mol. The van der Waals surface area contributed by atoms with Gasteiger partial charge in [-0.05, 0) is 62.7 Å². The van der Waals surface area contributed by atoms with E-state index < -0.39 is 0 Å². The standard InChI is InChI=1S/C24H20N4OS/c1-14-9-20(16(3)28(14)24-18(12-25)10-15(2)30-24)17-5-7-22-21(11-17)26-23-8-6-19(29-4)13-27(22)23/h5-11,13H,1-4H3. The third-order valence-electron chi connectivity index (χ3n) is 5.51. The molecular weight excluding hydrogens is 392 g/mol. The molecule has 1 aromatic carbocycles. The summed E-state index contributed by atoms with van der Waals surface area (Å²) in [6.07, 6.45) is 1.96. The molecule has 0 aliphatic heterocycles. The zero-order chi connectivity index (χ0) is 21.0. The van der Waals surface area contributed by atoms with Crippen molar-refractivity contribution in [3.05, 3.63) is 70.5 Å². The van der Waals surface area contributed by atoms with Crippen molar-refractivity contribution in [2.45, 2.75) is 20.8 Å². The van der Waals surface area contributed by atoms with Gasteiger partial charge in [0.2, 0.25) is 0 Å². The highest BCUT2D eigenvalue weighted by atomic mass is 32.1. The van der Waals surface area contributed by atoms with Crippen molar-refractivity contribution in [3.8, 4) is 27.9 Å². The molecule has 5 rings (SSSR count). The van der Waals surface area contributed by atoms with E-state index in [-0.39, 0.29) is 0 Å². The molecule has 0 N–H and O–H groups in total. The van der Waals surface area contributed by atoms with Gasteiger partial charge in [0, 0.05) is 21.8 Å². The monoisotopic (exact) mass is 412 g/mol. The Morgan fingerprint density at radius 2 is 1.90 bits per heavy atom. The van der Waals surface area contributed by atoms with Crippen molar-refractivity contribution >= 4 is 28.0 Å². The molecule has 0 saturated carbocycles. The molecule has 0 bridgehead atoms. The van der Waals surface area contributed by atoms with Crippen molar-refractivity contribution in [3.63, 3.8) is 0 Å². The first kappa shape index (κ1) is 18.5. The Kier molecular flexibility index (Phi) is 4.16. The molecule has 0 aliphatic rings. The summed E-state index contributed by atoms with van der Waals surface area (Å²) in [6, 6.07) is 16.7. The first-order valence-electron chi connectivity index (χ1n) is 9.66. The molecule has 148 valence electrons. The highest BCUT2D eigenvalue weighted by Crippen LogP contribution is 2.35. The van der Waals surface area contributed by atoms with Gasteiger partial charge in [-0.15, -0.1) is 11.3 Å². The molecule has 0 unspecified atom stereocenters. The minimum atomic E-state index is 0.718. The fraction of sp³-hybridized carbons (Fsp3) is 0.167. The lowest BCUT2D eigenvalue weighted by molar-refractivity contribution is 0.412. The quantitative estimate of drug-likeness (QED) is 0.376. The van der Waals surface area contributed by atoms with Crippen molar-refractivity contribution < 1.29 is 4.74 Å². The summed E-state index contributed by atoms with van der Waals surface area (Å²) < 4.78 is 9.59. The number of benzene rings is 1. The lowest BCUT2D eigenvalue weighted by atomic mass is 10.1. The van der Waals surface area contributed by atoms with Gasteiger partial charge in [0.15, 0.2) is 0 Å². The number of rotatable bonds is 3. The van der Waals surface area contributed by atoms with Gasteiger partial charge in [0.1, 0.15) is 22.5 Å². The number of fused-ring (bicyclic) bond motifs is 3. The number of methoxy groups -OCH3 is 1. The molecule has 0 spiro atoms. The van der Waals surface area contributed by atoms with Crippen LogP contribution in [0.25, 0.3) is 32.8 Å². The van der Waals surface area contributed by atoms with Crippen LogP contribution in [0.1, 0.15) is 21.8 Å². The van der Waals surface area contributed by atoms with E-state index in [0.717, 1.165) is 60.4 Å². The summed E-state index contributed by atoms with van der Waals surface area (Å²) in [5.74, 6) is 0.800. The van der Waals surface area contributed by atoms with E-state index in [1.54, 1.807) is 18.4 Å². The van der Waals surface area contributed by atoms with E-state index in [1.807, 2.05) is 31.3 Å². The number of aromatic nitrogens is 3. The van der Waals surface area contributed by atoms with Crippen LogP contribution in [0.2, 0.25) is 0 Å². The number of ether oxygens (including phenoxy) is 1. The molecule has 5 nitrogen and oxygen atoms in total. The number of pyridine rings is 1. The molecule has 6 heteroatoms. The number of thiophene rings is 1. The van der Waals surface area contributed by atoms with Gasteiger partial charge in [0.05, 0.1) is 29.9 Å². The van der Waals surface area contributed by atoms with Gasteiger partial charge in [-0.2, -0.15) is 5.26 Å². The summed E-state index contributed by atoms with van der Waals surface area (Å²) in [5, 5.41) is 10.5. The van der Waals surface area contributed by atoms with Gasteiger partial charge in [-0.25, -0.2) is 4.98 Å². The second-order valence-electron chi connectivity index (χ2n) is 7.42. The summed E-state index contributed by atoms with van der Waals surface area (Å²) in [5.41, 5.74) is 8.09. The van der Waals surface area contributed by atoms with Crippen LogP contribution in [0.4, 0.5) is 0 Å². The van der Waals surface area contributed by atoms with Crippen LogP contribution < -0.4 is 4.74 Å². The Hall–Kier alpha value is -3.56. The fourth-order valence-electron chi connectivity index (χ4n) is 4.10. The summed E-state index contributed by atoms with van der Waals surface area (Å²) in [7, 11) is 1.67. The SMILES string of the molecule is COc1ccc2nc3cc(-c4cc(C)n(-c5sc(C)cc5C#N)c4C)ccc3n2c1. The van der Waals surface area contributed by atoms with E-state index in [9.17, 15) is 5.26 Å². The Morgan fingerprint density at radius 3 is 2.67 bits per heavy atom. The van der Waals surface area contributed by atoms with E-state index >= 15 is 0 Å². The molecule has 5 aromatic rings. The Balaban J connectivity index is 1.67.